The van der Waals surface area contributed by atoms with Crippen LogP contribution in [0.25, 0.3) is 16.9 Å². The third-order valence-electron chi connectivity index (χ3n) is 5.71. The van der Waals surface area contributed by atoms with E-state index in [2.05, 4.69) is 20.5 Å². The molecule has 5 rings (SSSR count). The van der Waals surface area contributed by atoms with Crippen molar-refractivity contribution in [2.24, 2.45) is 11.8 Å². The van der Waals surface area contributed by atoms with Gasteiger partial charge in [-0.3, -0.25) is 0 Å². The highest BCUT2D eigenvalue weighted by Gasteiger charge is 2.35. The number of phenolic OH excluding ortho intramolecular Hbond substituents is 1. The molecular formula is C20H21N5O2. The van der Waals surface area contributed by atoms with Crippen molar-refractivity contribution in [3.8, 4) is 28.6 Å². The Hall–Kier alpha value is -2.96. The number of aromatic hydroxyl groups is 1. The summed E-state index contributed by atoms with van der Waals surface area (Å²) in [5.41, 5.74) is 1.95. The van der Waals surface area contributed by atoms with E-state index < -0.39 is 0 Å². The molecule has 0 radical (unpaired) electrons. The first-order valence-corrected chi connectivity index (χ1v) is 9.45. The Bertz CT molecular complexity index is 914. The van der Waals surface area contributed by atoms with Crippen LogP contribution >= 0.6 is 0 Å². The molecular weight excluding hydrogens is 342 g/mol. The zero-order valence-corrected chi connectivity index (χ0v) is 14.9. The Morgan fingerprint density at radius 1 is 1.00 bits per heavy atom. The largest absolute Gasteiger partial charge is 0.507 e. The van der Waals surface area contributed by atoms with Gasteiger partial charge in [-0.15, -0.1) is 15.3 Å². The van der Waals surface area contributed by atoms with Crippen LogP contribution in [-0.2, 0) is 0 Å². The van der Waals surface area contributed by atoms with Gasteiger partial charge in [-0.05, 0) is 49.3 Å². The summed E-state index contributed by atoms with van der Waals surface area (Å²) in [6.45, 7) is 0. The van der Waals surface area contributed by atoms with Gasteiger partial charge in [0.2, 0.25) is 5.88 Å². The first-order chi connectivity index (χ1) is 13.2. The molecule has 2 unspecified atom stereocenters. The van der Waals surface area contributed by atoms with E-state index in [0.717, 1.165) is 30.4 Å². The van der Waals surface area contributed by atoms with E-state index in [0.29, 0.717) is 17.1 Å². The van der Waals surface area contributed by atoms with Gasteiger partial charge in [0.15, 0.2) is 0 Å². The molecule has 3 atom stereocenters. The minimum absolute atomic E-state index is 0.120. The predicted molar refractivity (Wildman–Crippen MR) is 98.5 cm³/mol. The van der Waals surface area contributed by atoms with Crippen LogP contribution in [0.15, 0.2) is 42.7 Å². The molecule has 2 fully saturated rings. The average molecular weight is 363 g/mol. The first-order valence-electron chi connectivity index (χ1n) is 9.45. The molecule has 0 spiro atoms. The summed E-state index contributed by atoms with van der Waals surface area (Å²) in [5.74, 6) is 2.32. The van der Waals surface area contributed by atoms with Crippen molar-refractivity contribution >= 4 is 0 Å². The summed E-state index contributed by atoms with van der Waals surface area (Å²) in [6.07, 6.45) is 9.89. The van der Waals surface area contributed by atoms with Gasteiger partial charge in [0.05, 0.1) is 23.8 Å². The van der Waals surface area contributed by atoms with Gasteiger partial charge in [0.25, 0.3) is 0 Å². The van der Waals surface area contributed by atoms with E-state index in [1.54, 1.807) is 29.2 Å². The number of benzene rings is 1. The van der Waals surface area contributed by atoms with Crippen molar-refractivity contribution in [1.82, 2.24) is 25.2 Å². The molecule has 2 saturated carbocycles. The van der Waals surface area contributed by atoms with E-state index in [4.69, 9.17) is 4.74 Å². The minimum Gasteiger partial charge on any atom is -0.507 e. The number of ether oxygens (including phenoxy) is 1. The predicted octanol–water partition coefficient (Wildman–Crippen LogP) is 3.39. The van der Waals surface area contributed by atoms with Crippen molar-refractivity contribution in [3.63, 3.8) is 0 Å². The lowest BCUT2D eigenvalue weighted by molar-refractivity contribution is 0.113. The molecule has 2 aromatic heterocycles. The van der Waals surface area contributed by atoms with Crippen molar-refractivity contribution in [2.75, 3.05) is 0 Å². The standard InChI is InChI=1S/C20H21N5O2/c26-19-12-15(25-8-7-21-24-25)3-4-17(19)18-5-6-20(23-22-18)27-16-10-13-1-2-14(9-13)11-16/h3-8,12-14,16,26H,1-2,9-11H2/t13-,14?,16?/m0/s1. The highest BCUT2D eigenvalue weighted by Crippen LogP contribution is 2.43. The maximum atomic E-state index is 10.4. The zero-order valence-electron chi connectivity index (χ0n) is 14.9. The smallest absolute Gasteiger partial charge is 0.233 e. The maximum absolute atomic E-state index is 10.4. The lowest BCUT2D eigenvalue weighted by Gasteiger charge is -2.27. The van der Waals surface area contributed by atoms with Gasteiger partial charge in [0, 0.05) is 17.7 Å². The van der Waals surface area contributed by atoms with Crippen LogP contribution in [0.5, 0.6) is 11.6 Å². The van der Waals surface area contributed by atoms with E-state index in [1.807, 2.05) is 18.2 Å². The molecule has 2 bridgehead atoms. The topological polar surface area (TPSA) is 86.0 Å². The fourth-order valence-electron chi connectivity index (χ4n) is 4.47. The van der Waals surface area contributed by atoms with Gasteiger partial charge in [-0.2, -0.15) is 0 Å². The molecule has 1 aromatic carbocycles. The third-order valence-corrected chi connectivity index (χ3v) is 5.71. The SMILES string of the molecule is Oc1cc(-n2ccnn2)ccc1-c1ccc(OC2CC3CC[C@@H](C3)C2)nn1. The van der Waals surface area contributed by atoms with E-state index in [9.17, 15) is 5.11 Å². The molecule has 2 aliphatic rings. The Balaban J connectivity index is 1.31. The Morgan fingerprint density at radius 3 is 2.52 bits per heavy atom. The number of hydrogen-bond donors (Lipinski definition) is 1. The van der Waals surface area contributed by atoms with Crippen LogP contribution in [0, 0.1) is 11.8 Å². The quantitative estimate of drug-likeness (QED) is 0.765. The van der Waals surface area contributed by atoms with Gasteiger partial charge < -0.3 is 9.84 Å². The minimum atomic E-state index is 0.120. The number of aromatic nitrogens is 5. The fraction of sp³-hybridized carbons (Fsp3) is 0.400. The van der Waals surface area contributed by atoms with Crippen LogP contribution in [-0.4, -0.2) is 36.4 Å². The molecule has 2 aliphatic carbocycles. The lowest BCUT2D eigenvalue weighted by Crippen LogP contribution is -2.26. The number of hydrogen-bond acceptors (Lipinski definition) is 6. The fourth-order valence-corrected chi connectivity index (χ4v) is 4.47. The molecule has 138 valence electrons. The molecule has 0 amide bonds. The first kappa shape index (κ1) is 16.2. The maximum Gasteiger partial charge on any atom is 0.233 e. The molecule has 2 heterocycles. The summed E-state index contributed by atoms with van der Waals surface area (Å²) in [4.78, 5) is 0. The summed E-state index contributed by atoms with van der Waals surface area (Å²) < 4.78 is 7.66. The van der Waals surface area contributed by atoms with Crippen molar-refractivity contribution in [2.45, 2.75) is 38.2 Å². The van der Waals surface area contributed by atoms with Crippen LogP contribution < -0.4 is 4.74 Å². The van der Waals surface area contributed by atoms with E-state index in [-0.39, 0.29) is 11.9 Å². The molecule has 3 aromatic rings. The molecule has 7 heteroatoms. The van der Waals surface area contributed by atoms with E-state index >= 15 is 0 Å². The van der Waals surface area contributed by atoms with Crippen molar-refractivity contribution in [1.29, 1.82) is 0 Å². The number of nitrogens with zero attached hydrogens (tertiary/aromatic N) is 5. The summed E-state index contributed by atoms with van der Waals surface area (Å²) in [5, 5.41) is 26.6. The Morgan fingerprint density at radius 2 is 1.85 bits per heavy atom. The summed E-state index contributed by atoms with van der Waals surface area (Å²) in [6, 6.07) is 8.96. The monoisotopic (exact) mass is 363 g/mol. The summed E-state index contributed by atoms with van der Waals surface area (Å²) >= 11 is 0. The average Bonchev–Trinajstić information content (AvgIpc) is 3.32. The van der Waals surface area contributed by atoms with Gasteiger partial charge >= 0.3 is 0 Å². The van der Waals surface area contributed by atoms with Gasteiger partial charge in [-0.25, -0.2) is 4.68 Å². The Kier molecular flexibility index (Phi) is 3.99. The van der Waals surface area contributed by atoms with Crippen molar-refractivity contribution in [3.05, 3.63) is 42.7 Å². The molecule has 7 nitrogen and oxygen atoms in total. The van der Waals surface area contributed by atoms with Crippen LogP contribution in [0.2, 0.25) is 0 Å². The molecule has 27 heavy (non-hydrogen) atoms. The second-order valence-electron chi connectivity index (χ2n) is 7.56. The number of rotatable bonds is 4. The second kappa shape index (κ2) is 6.64. The normalized spacial score (nSPS) is 24.1. The van der Waals surface area contributed by atoms with Gasteiger partial charge in [-0.1, -0.05) is 18.1 Å². The number of phenols is 1. The molecule has 0 aliphatic heterocycles. The highest BCUT2D eigenvalue weighted by atomic mass is 16.5. The number of fused-ring (bicyclic) bond motifs is 2. The van der Waals surface area contributed by atoms with Crippen LogP contribution in [0.3, 0.4) is 0 Å². The Labute approximate surface area is 157 Å². The van der Waals surface area contributed by atoms with Crippen LogP contribution in [0.4, 0.5) is 0 Å². The molecule has 1 N–H and O–H groups in total. The molecule has 0 saturated heterocycles. The third kappa shape index (κ3) is 3.25. The summed E-state index contributed by atoms with van der Waals surface area (Å²) in [7, 11) is 0. The van der Waals surface area contributed by atoms with Crippen LogP contribution in [0.1, 0.15) is 32.1 Å². The second-order valence-corrected chi connectivity index (χ2v) is 7.56. The zero-order chi connectivity index (χ0) is 18.2. The van der Waals surface area contributed by atoms with Gasteiger partial charge in [0.1, 0.15) is 11.9 Å². The van der Waals surface area contributed by atoms with E-state index in [1.165, 1.54) is 19.3 Å². The van der Waals surface area contributed by atoms with Crippen molar-refractivity contribution < 1.29 is 9.84 Å². The lowest BCUT2D eigenvalue weighted by atomic mass is 9.87. The highest BCUT2D eigenvalue weighted by molar-refractivity contribution is 5.68.